The lowest BCUT2D eigenvalue weighted by Crippen LogP contribution is -2.46. The zero-order valence-corrected chi connectivity index (χ0v) is 13.6. The van der Waals surface area contributed by atoms with E-state index in [4.69, 9.17) is 11.6 Å². The zero-order valence-electron chi connectivity index (χ0n) is 12.9. The number of nitrogens with one attached hydrogen (secondary N) is 1. The number of amides is 2. The van der Waals surface area contributed by atoms with E-state index in [2.05, 4.69) is 15.5 Å². The summed E-state index contributed by atoms with van der Waals surface area (Å²) in [5.74, 6) is 0.322. The van der Waals surface area contributed by atoms with Gasteiger partial charge in [-0.1, -0.05) is 23.7 Å². The van der Waals surface area contributed by atoms with E-state index < -0.39 is 0 Å². The van der Waals surface area contributed by atoms with Gasteiger partial charge in [-0.05, 0) is 24.3 Å². The fourth-order valence-electron chi connectivity index (χ4n) is 2.42. The summed E-state index contributed by atoms with van der Waals surface area (Å²) in [5.41, 5.74) is 0.741. The molecule has 0 bridgehead atoms. The Balaban J connectivity index is 1.65. The summed E-state index contributed by atoms with van der Waals surface area (Å²) < 4.78 is 0. The fourth-order valence-corrected chi connectivity index (χ4v) is 2.60. The summed E-state index contributed by atoms with van der Waals surface area (Å²) >= 11 is 6.02. The molecule has 0 spiro atoms. The second kappa shape index (κ2) is 7.27. The van der Waals surface area contributed by atoms with Crippen molar-refractivity contribution in [3.63, 3.8) is 0 Å². The van der Waals surface area contributed by atoms with Crippen LogP contribution in [0.15, 0.2) is 36.4 Å². The van der Waals surface area contributed by atoms with Gasteiger partial charge in [0.05, 0.1) is 10.7 Å². The SMILES string of the molecule is O=CN1CCN(c2ccc(C(=O)Nc3ccccc3Cl)nn2)CC1. The minimum absolute atomic E-state index is 0.213. The molecule has 24 heavy (non-hydrogen) atoms. The molecular weight excluding hydrogens is 330 g/mol. The molecule has 1 aromatic heterocycles. The van der Waals surface area contributed by atoms with Gasteiger partial charge in [0.25, 0.3) is 5.91 Å². The molecule has 2 aromatic rings. The average molecular weight is 346 g/mol. The molecule has 1 aromatic carbocycles. The fraction of sp³-hybridized carbons (Fsp3) is 0.250. The van der Waals surface area contributed by atoms with Gasteiger partial charge >= 0.3 is 0 Å². The maximum absolute atomic E-state index is 12.2. The Morgan fingerprint density at radius 2 is 1.83 bits per heavy atom. The first-order valence-electron chi connectivity index (χ1n) is 7.51. The Morgan fingerprint density at radius 1 is 1.08 bits per heavy atom. The van der Waals surface area contributed by atoms with Crippen LogP contribution in [0.2, 0.25) is 5.02 Å². The maximum Gasteiger partial charge on any atom is 0.276 e. The van der Waals surface area contributed by atoms with Gasteiger partial charge in [0, 0.05) is 26.2 Å². The maximum atomic E-state index is 12.2. The van der Waals surface area contributed by atoms with Gasteiger partial charge in [0.2, 0.25) is 6.41 Å². The van der Waals surface area contributed by atoms with E-state index in [0.29, 0.717) is 42.7 Å². The minimum atomic E-state index is -0.368. The molecule has 7 nitrogen and oxygen atoms in total. The minimum Gasteiger partial charge on any atom is -0.352 e. The van der Waals surface area contributed by atoms with E-state index in [1.807, 2.05) is 4.90 Å². The highest BCUT2D eigenvalue weighted by molar-refractivity contribution is 6.33. The number of piperazine rings is 1. The molecule has 2 heterocycles. The third-order valence-corrected chi connectivity index (χ3v) is 4.12. The number of para-hydroxylation sites is 1. The number of benzene rings is 1. The summed E-state index contributed by atoms with van der Waals surface area (Å²) in [6.07, 6.45) is 0.852. The highest BCUT2D eigenvalue weighted by atomic mass is 35.5. The van der Waals surface area contributed by atoms with Crippen molar-refractivity contribution in [2.24, 2.45) is 0 Å². The Labute approximate surface area is 144 Å². The number of hydrogen-bond donors (Lipinski definition) is 1. The van der Waals surface area contributed by atoms with Gasteiger partial charge in [-0.2, -0.15) is 0 Å². The zero-order chi connectivity index (χ0) is 16.9. The summed E-state index contributed by atoms with van der Waals surface area (Å²) in [7, 11) is 0. The van der Waals surface area contributed by atoms with Crippen molar-refractivity contribution in [1.82, 2.24) is 15.1 Å². The number of rotatable bonds is 4. The lowest BCUT2D eigenvalue weighted by molar-refractivity contribution is -0.118. The monoisotopic (exact) mass is 345 g/mol. The van der Waals surface area contributed by atoms with Crippen LogP contribution in [0, 0.1) is 0 Å². The lowest BCUT2D eigenvalue weighted by Gasteiger charge is -2.32. The Hall–Kier alpha value is -2.67. The highest BCUT2D eigenvalue weighted by Crippen LogP contribution is 2.21. The molecule has 1 aliphatic heterocycles. The Bertz CT molecular complexity index is 730. The third-order valence-electron chi connectivity index (χ3n) is 3.79. The van der Waals surface area contributed by atoms with Crippen molar-refractivity contribution in [3.05, 3.63) is 47.1 Å². The molecule has 2 amide bonds. The predicted octanol–water partition coefficient (Wildman–Crippen LogP) is 1.66. The van der Waals surface area contributed by atoms with Crippen LogP contribution in [-0.4, -0.2) is 53.6 Å². The van der Waals surface area contributed by atoms with E-state index in [9.17, 15) is 9.59 Å². The Morgan fingerprint density at radius 3 is 2.46 bits per heavy atom. The van der Waals surface area contributed by atoms with Crippen molar-refractivity contribution in [2.45, 2.75) is 0 Å². The van der Waals surface area contributed by atoms with Crippen LogP contribution in [0.3, 0.4) is 0 Å². The number of carbonyl (C=O) groups excluding carboxylic acids is 2. The first kappa shape index (κ1) is 16.2. The van der Waals surface area contributed by atoms with Crippen molar-refractivity contribution < 1.29 is 9.59 Å². The summed E-state index contributed by atoms with van der Waals surface area (Å²) in [5, 5.41) is 11.3. The average Bonchev–Trinajstić information content (AvgIpc) is 2.64. The van der Waals surface area contributed by atoms with Crippen molar-refractivity contribution in [2.75, 3.05) is 36.4 Å². The van der Waals surface area contributed by atoms with Crippen LogP contribution in [0.5, 0.6) is 0 Å². The van der Waals surface area contributed by atoms with Crippen molar-refractivity contribution >= 4 is 35.4 Å². The van der Waals surface area contributed by atoms with E-state index in [-0.39, 0.29) is 11.6 Å². The van der Waals surface area contributed by atoms with E-state index in [0.717, 1.165) is 6.41 Å². The molecule has 0 radical (unpaired) electrons. The van der Waals surface area contributed by atoms with Crippen LogP contribution in [0.25, 0.3) is 0 Å². The van der Waals surface area contributed by atoms with Gasteiger partial charge in [-0.15, -0.1) is 10.2 Å². The highest BCUT2D eigenvalue weighted by Gasteiger charge is 2.18. The smallest absolute Gasteiger partial charge is 0.276 e. The second-order valence-electron chi connectivity index (χ2n) is 5.34. The van der Waals surface area contributed by atoms with E-state index in [1.165, 1.54) is 0 Å². The molecule has 3 rings (SSSR count). The molecular formula is C16H16ClN5O2. The standard InChI is InChI=1S/C16H16ClN5O2/c17-12-3-1-2-4-13(12)18-16(24)14-5-6-15(20-19-14)22-9-7-21(11-23)8-10-22/h1-6,11H,7-10H2,(H,18,24). The molecule has 1 fully saturated rings. The third kappa shape index (κ3) is 3.62. The molecule has 0 saturated carbocycles. The first-order valence-corrected chi connectivity index (χ1v) is 7.89. The summed E-state index contributed by atoms with van der Waals surface area (Å²) in [4.78, 5) is 26.7. The number of anilines is 2. The van der Waals surface area contributed by atoms with Gasteiger partial charge in [-0.3, -0.25) is 9.59 Å². The predicted molar refractivity (Wildman–Crippen MR) is 91.3 cm³/mol. The Kier molecular flexibility index (Phi) is 4.90. The number of aromatic nitrogens is 2. The molecule has 0 unspecified atom stereocenters. The quantitative estimate of drug-likeness (QED) is 0.853. The summed E-state index contributed by atoms with van der Waals surface area (Å²) in [6.45, 7) is 2.69. The van der Waals surface area contributed by atoms with Crippen LogP contribution in [-0.2, 0) is 4.79 Å². The topological polar surface area (TPSA) is 78.4 Å². The molecule has 1 N–H and O–H groups in total. The van der Waals surface area contributed by atoms with Crippen LogP contribution < -0.4 is 10.2 Å². The van der Waals surface area contributed by atoms with Gasteiger partial charge < -0.3 is 15.1 Å². The van der Waals surface area contributed by atoms with Crippen LogP contribution >= 0.6 is 11.6 Å². The normalized spacial score (nSPS) is 14.4. The second-order valence-corrected chi connectivity index (χ2v) is 5.75. The number of hydrogen-bond acceptors (Lipinski definition) is 5. The van der Waals surface area contributed by atoms with Gasteiger partial charge in [0.1, 0.15) is 0 Å². The molecule has 0 aliphatic carbocycles. The van der Waals surface area contributed by atoms with Crippen LogP contribution in [0.1, 0.15) is 10.5 Å². The molecule has 1 saturated heterocycles. The lowest BCUT2D eigenvalue weighted by atomic mass is 10.3. The van der Waals surface area contributed by atoms with Crippen molar-refractivity contribution in [1.29, 1.82) is 0 Å². The molecule has 1 aliphatic rings. The molecule has 8 heteroatoms. The molecule has 124 valence electrons. The van der Waals surface area contributed by atoms with Gasteiger partial charge in [-0.25, -0.2) is 0 Å². The summed E-state index contributed by atoms with van der Waals surface area (Å²) in [6, 6.07) is 10.4. The van der Waals surface area contributed by atoms with Gasteiger partial charge in [0.15, 0.2) is 11.5 Å². The van der Waals surface area contributed by atoms with E-state index in [1.54, 1.807) is 41.3 Å². The largest absolute Gasteiger partial charge is 0.352 e. The number of nitrogens with zero attached hydrogens (tertiary/aromatic N) is 4. The van der Waals surface area contributed by atoms with Crippen LogP contribution in [0.4, 0.5) is 11.5 Å². The van der Waals surface area contributed by atoms with E-state index >= 15 is 0 Å². The molecule has 0 atom stereocenters. The first-order chi connectivity index (χ1) is 11.7. The number of carbonyl (C=O) groups is 2. The number of halogens is 1. The van der Waals surface area contributed by atoms with Crippen molar-refractivity contribution in [3.8, 4) is 0 Å².